The number of carbonyl (C=O) groups excluding carboxylic acids is 3. The molecule has 3 heterocycles. The number of esters is 1. The Morgan fingerprint density at radius 1 is 0.933 bits per heavy atom. The summed E-state index contributed by atoms with van der Waals surface area (Å²) in [6.45, 7) is -0.533. The Balaban J connectivity index is 1.45. The van der Waals surface area contributed by atoms with Crippen LogP contribution in [0.3, 0.4) is 0 Å². The van der Waals surface area contributed by atoms with Gasteiger partial charge < -0.3 is 4.74 Å². The van der Waals surface area contributed by atoms with Crippen LogP contribution in [0.15, 0.2) is 65.4 Å². The topological polar surface area (TPSA) is 97.4 Å². The Labute approximate surface area is 179 Å². The third-order valence-corrected chi connectivity index (χ3v) is 5.87. The summed E-state index contributed by atoms with van der Waals surface area (Å²) in [5.74, 6) is -1.73. The lowest BCUT2D eigenvalue weighted by Crippen LogP contribution is -2.43. The molecule has 150 valence electrons. The van der Waals surface area contributed by atoms with E-state index in [1.165, 1.54) is 22.7 Å². The van der Waals surface area contributed by atoms with Crippen LogP contribution in [0.1, 0.15) is 20.0 Å². The number of nitrogens with one attached hydrogen (secondary N) is 2. The van der Waals surface area contributed by atoms with Crippen LogP contribution >= 0.6 is 22.7 Å². The van der Waals surface area contributed by atoms with Gasteiger partial charge in [0.1, 0.15) is 0 Å². The van der Waals surface area contributed by atoms with E-state index < -0.39 is 24.4 Å². The fraction of sp³-hybridized carbons (Fsp3) is 0.0476. The van der Waals surface area contributed by atoms with Gasteiger partial charge in [-0.25, -0.2) is 9.78 Å². The summed E-state index contributed by atoms with van der Waals surface area (Å²) < 4.78 is 5.17. The average Bonchev–Trinajstić information content (AvgIpc) is 3.49. The van der Waals surface area contributed by atoms with Crippen LogP contribution in [-0.4, -0.2) is 29.4 Å². The zero-order valence-electron chi connectivity index (χ0n) is 15.5. The molecule has 0 bridgehead atoms. The summed E-state index contributed by atoms with van der Waals surface area (Å²) in [6, 6.07) is 16.1. The van der Waals surface area contributed by atoms with Gasteiger partial charge in [-0.1, -0.05) is 30.3 Å². The highest BCUT2D eigenvalue weighted by Gasteiger charge is 2.17. The molecular formula is C21H15N3O4S2. The highest BCUT2D eigenvalue weighted by Crippen LogP contribution is 2.28. The maximum Gasteiger partial charge on any atom is 0.339 e. The summed E-state index contributed by atoms with van der Waals surface area (Å²) >= 11 is 2.76. The first-order chi connectivity index (χ1) is 14.6. The molecule has 9 heteroatoms. The summed E-state index contributed by atoms with van der Waals surface area (Å²) in [7, 11) is 0. The van der Waals surface area contributed by atoms with Crippen molar-refractivity contribution in [1.29, 1.82) is 0 Å². The second-order valence-electron chi connectivity index (χ2n) is 6.11. The maximum atomic E-state index is 12.7. The number of benzene rings is 1. The summed E-state index contributed by atoms with van der Waals surface area (Å²) in [6.07, 6.45) is 0. The van der Waals surface area contributed by atoms with Crippen molar-refractivity contribution in [2.75, 3.05) is 6.61 Å². The van der Waals surface area contributed by atoms with Gasteiger partial charge in [0.25, 0.3) is 11.8 Å². The monoisotopic (exact) mass is 437 g/mol. The number of pyridine rings is 1. The number of aromatic nitrogens is 1. The molecule has 0 radical (unpaired) electrons. The SMILES string of the molecule is O=C(COC(=O)c1cc(-c2cccs2)nc2ccccc12)NNC(=O)c1cccs1. The number of hydrogen-bond donors (Lipinski definition) is 2. The van der Waals surface area contributed by atoms with Crippen LogP contribution in [0.2, 0.25) is 0 Å². The third-order valence-electron chi connectivity index (χ3n) is 4.10. The first kappa shape index (κ1) is 19.7. The van der Waals surface area contributed by atoms with E-state index >= 15 is 0 Å². The molecule has 7 nitrogen and oxygen atoms in total. The lowest BCUT2D eigenvalue weighted by atomic mass is 10.1. The Morgan fingerprint density at radius 2 is 1.73 bits per heavy atom. The smallest absolute Gasteiger partial charge is 0.339 e. The number of nitrogens with zero attached hydrogens (tertiary/aromatic N) is 1. The summed E-state index contributed by atoms with van der Waals surface area (Å²) in [5, 5.41) is 4.32. The molecule has 0 unspecified atom stereocenters. The molecule has 4 aromatic rings. The van der Waals surface area contributed by atoms with Gasteiger partial charge in [-0.2, -0.15) is 0 Å². The standard InChI is InChI=1S/C21H15N3O4S2/c25-19(23-24-20(26)18-8-4-10-30-18)12-28-21(27)14-11-16(17-7-3-9-29-17)22-15-6-2-1-5-13(14)15/h1-11H,12H2,(H,23,25)(H,24,26). The molecule has 1 aromatic carbocycles. The zero-order chi connectivity index (χ0) is 20.9. The van der Waals surface area contributed by atoms with E-state index in [1.54, 1.807) is 35.7 Å². The molecule has 2 N–H and O–H groups in total. The van der Waals surface area contributed by atoms with E-state index in [1.807, 2.05) is 29.6 Å². The van der Waals surface area contributed by atoms with Crippen molar-refractivity contribution < 1.29 is 19.1 Å². The Hall–Kier alpha value is -3.56. The molecule has 0 aliphatic rings. The van der Waals surface area contributed by atoms with Gasteiger partial charge in [0.15, 0.2) is 6.61 Å². The van der Waals surface area contributed by atoms with Crippen molar-refractivity contribution in [2.45, 2.75) is 0 Å². The Kier molecular flexibility index (Phi) is 5.82. The van der Waals surface area contributed by atoms with Crippen molar-refractivity contribution in [3.8, 4) is 10.6 Å². The molecule has 0 saturated heterocycles. The number of thiophene rings is 2. The van der Waals surface area contributed by atoms with Gasteiger partial charge in [-0.05, 0) is 35.0 Å². The highest BCUT2D eigenvalue weighted by molar-refractivity contribution is 7.13. The van der Waals surface area contributed by atoms with Gasteiger partial charge >= 0.3 is 5.97 Å². The van der Waals surface area contributed by atoms with Crippen molar-refractivity contribution in [2.24, 2.45) is 0 Å². The number of hydrogen-bond acceptors (Lipinski definition) is 7. The fourth-order valence-corrected chi connectivity index (χ4v) is 4.04. The van der Waals surface area contributed by atoms with Gasteiger partial charge in [0.2, 0.25) is 0 Å². The first-order valence-electron chi connectivity index (χ1n) is 8.85. The molecule has 0 aliphatic carbocycles. The molecule has 30 heavy (non-hydrogen) atoms. The summed E-state index contributed by atoms with van der Waals surface area (Å²) in [4.78, 5) is 42.5. The third kappa shape index (κ3) is 4.37. The minimum atomic E-state index is -0.648. The molecule has 4 rings (SSSR count). The van der Waals surface area contributed by atoms with Gasteiger partial charge in [0.05, 0.1) is 26.5 Å². The van der Waals surface area contributed by atoms with Crippen LogP contribution in [0, 0.1) is 0 Å². The van der Waals surface area contributed by atoms with E-state index in [0.717, 1.165) is 4.88 Å². The Bertz CT molecular complexity index is 1200. The number of carbonyl (C=O) groups is 3. The van der Waals surface area contributed by atoms with Crippen LogP contribution < -0.4 is 10.9 Å². The summed E-state index contributed by atoms with van der Waals surface area (Å²) in [5.41, 5.74) is 6.14. The van der Waals surface area contributed by atoms with Crippen LogP contribution in [0.4, 0.5) is 0 Å². The van der Waals surface area contributed by atoms with E-state index in [4.69, 9.17) is 4.74 Å². The second-order valence-corrected chi connectivity index (χ2v) is 8.00. The van der Waals surface area contributed by atoms with Gasteiger partial charge in [-0.15, -0.1) is 22.7 Å². The van der Waals surface area contributed by atoms with Crippen LogP contribution in [0.5, 0.6) is 0 Å². The predicted molar refractivity (Wildman–Crippen MR) is 115 cm³/mol. The van der Waals surface area contributed by atoms with E-state index in [2.05, 4.69) is 15.8 Å². The number of rotatable bonds is 5. The van der Waals surface area contributed by atoms with Crippen molar-refractivity contribution >= 4 is 51.4 Å². The maximum absolute atomic E-state index is 12.7. The molecule has 0 spiro atoms. The van der Waals surface area contributed by atoms with E-state index in [-0.39, 0.29) is 0 Å². The minimum absolute atomic E-state index is 0.319. The zero-order valence-corrected chi connectivity index (χ0v) is 17.1. The lowest BCUT2D eigenvalue weighted by Gasteiger charge is -2.10. The number of para-hydroxylation sites is 1. The molecule has 0 aliphatic heterocycles. The molecule has 0 saturated carbocycles. The largest absolute Gasteiger partial charge is 0.452 e. The fourth-order valence-electron chi connectivity index (χ4n) is 2.74. The molecular weight excluding hydrogens is 422 g/mol. The van der Waals surface area contributed by atoms with Crippen LogP contribution in [0.25, 0.3) is 21.5 Å². The average molecular weight is 438 g/mol. The second kappa shape index (κ2) is 8.85. The molecule has 3 aromatic heterocycles. The number of ether oxygens (including phenoxy) is 1. The van der Waals surface area contributed by atoms with Gasteiger partial charge in [0, 0.05) is 5.39 Å². The highest BCUT2D eigenvalue weighted by atomic mass is 32.1. The normalized spacial score (nSPS) is 10.5. The number of hydrazine groups is 1. The predicted octanol–water partition coefficient (Wildman–Crippen LogP) is 3.64. The Morgan fingerprint density at radius 3 is 2.50 bits per heavy atom. The van der Waals surface area contributed by atoms with Crippen LogP contribution in [-0.2, 0) is 9.53 Å². The van der Waals surface area contributed by atoms with Crippen molar-refractivity contribution in [1.82, 2.24) is 15.8 Å². The van der Waals surface area contributed by atoms with E-state index in [0.29, 0.717) is 27.0 Å². The minimum Gasteiger partial charge on any atom is -0.452 e. The van der Waals surface area contributed by atoms with Crippen molar-refractivity contribution in [3.05, 3.63) is 75.8 Å². The number of fused-ring (bicyclic) bond motifs is 1. The quantitative estimate of drug-likeness (QED) is 0.367. The van der Waals surface area contributed by atoms with E-state index in [9.17, 15) is 14.4 Å². The molecule has 0 fully saturated rings. The number of amides is 2. The lowest BCUT2D eigenvalue weighted by molar-refractivity contribution is -0.125. The molecule has 2 amide bonds. The van der Waals surface area contributed by atoms with Crippen molar-refractivity contribution in [3.63, 3.8) is 0 Å². The first-order valence-corrected chi connectivity index (χ1v) is 10.6. The molecule has 0 atom stereocenters. The van der Waals surface area contributed by atoms with Gasteiger partial charge in [-0.3, -0.25) is 20.4 Å².